The maximum Gasteiger partial charge on any atom is 0.143 e. The van der Waals surface area contributed by atoms with E-state index in [-0.39, 0.29) is 5.82 Å². The molecule has 28 heavy (non-hydrogen) atoms. The number of aromatic nitrogens is 1. The lowest BCUT2D eigenvalue weighted by atomic mass is 9.92. The summed E-state index contributed by atoms with van der Waals surface area (Å²) in [5.41, 5.74) is 2.26. The summed E-state index contributed by atoms with van der Waals surface area (Å²) in [6.07, 6.45) is 3.64. The number of pyridine rings is 1. The number of halogens is 1. The lowest BCUT2D eigenvalue weighted by Gasteiger charge is -2.17. The Hall–Kier alpha value is -3.72. The predicted octanol–water partition coefficient (Wildman–Crippen LogP) is 6.99. The highest BCUT2D eigenvalue weighted by atomic mass is 19.1. The van der Waals surface area contributed by atoms with Gasteiger partial charge >= 0.3 is 0 Å². The van der Waals surface area contributed by atoms with E-state index in [1.165, 1.54) is 12.1 Å². The van der Waals surface area contributed by atoms with Crippen molar-refractivity contribution in [2.75, 3.05) is 0 Å². The zero-order valence-corrected chi connectivity index (χ0v) is 15.0. The Morgan fingerprint density at radius 2 is 1.32 bits per heavy atom. The molecule has 0 aliphatic rings. The van der Waals surface area contributed by atoms with Crippen LogP contribution < -0.4 is 4.74 Å². The monoisotopic (exact) mass is 365 g/mol. The standard InChI is InChI=1S/C25H16FNO/c26-18-10-12-19(13-11-18)28-25-21-9-5-4-8-20(21)24(17-6-2-1-3-7-17)23-16-27-15-14-22(23)25/h1-16H. The average Bonchev–Trinajstić information content (AvgIpc) is 2.76. The molecule has 5 rings (SSSR count). The van der Waals surface area contributed by atoms with Gasteiger partial charge in [0.1, 0.15) is 17.3 Å². The number of hydrogen-bond donors (Lipinski definition) is 0. The highest BCUT2D eigenvalue weighted by Gasteiger charge is 2.16. The van der Waals surface area contributed by atoms with Gasteiger partial charge in [0.2, 0.25) is 0 Å². The molecule has 3 heteroatoms. The molecule has 0 N–H and O–H groups in total. The molecule has 0 saturated heterocycles. The van der Waals surface area contributed by atoms with Gasteiger partial charge in [0.25, 0.3) is 0 Å². The predicted molar refractivity (Wildman–Crippen MR) is 111 cm³/mol. The molecule has 0 atom stereocenters. The third-order valence-corrected chi connectivity index (χ3v) is 4.87. The quantitative estimate of drug-likeness (QED) is 0.322. The normalized spacial score (nSPS) is 11.0. The van der Waals surface area contributed by atoms with Crippen molar-refractivity contribution in [3.63, 3.8) is 0 Å². The molecule has 1 heterocycles. The van der Waals surface area contributed by atoms with E-state index in [4.69, 9.17) is 4.74 Å². The first-order valence-electron chi connectivity index (χ1n) is 9.08. The molecule has 4 aromatic carbocycles. The molecule has 0 amide bonds. The number of benzene rings is 4. The fourth-order valence-corrected chi connectivity index (χ4v) is 3.63. The number of hydrogen-bond acceptors (Lipinski definition) is 2. The van der Waals surface area contributed by atoms with Crippen LogP contribution in [0.15, 0.2) is 97.3 Å². The molecule has 2 nitrogen and oxygen atoms in total. The molecule has 0 saturated carbocycles. The zero-order chi connectivity index (χ0) is 18.9. The lowest BCUT2D eigenvalue weighted by Crippen LogP contribution is -1.92. The van der Waals surface area contributed by atoms with Crippen LogP contribution >= 0.6 is 0 Å². The summed E-state index contributed by atoms with van der Waals surface area (Å²) >= 11 is 0. The van der Waals surface area contributed by atoms with E-state index in [2.05, 4.69) is 29.2 Å². The Morgan fingerprint density at radius 3 is 2.11 bits per heavy atom. The topological polar surface area (TPSA) is 22.1 Å². The van der Waals surface area contributed by atoms with E-state index in [0.717, 1.165) is 38.4 Å². The maximum atomic E-state index is 13.3. The van der Waals surface area contributed by atoms with Crippen molar-refractivity contribution < 1.29 is 9.13 Å². The van der Waals surface area contributed by atoms with E-state index in [0.29, 0.717) is 5.75 Å². The number of rotatable bonds is 3. The number of fused-ring (bicyclic) bond motifs is 2. The SMILES string of the molecule is Fc1ccc(Oc2c3ccccc3c(-c3ccccc3)c3cnccc23)cc1. The molecule has 0 fully saturated rings. The average molecular weight is 365 g/mol. The van der Waals surface area contributed by atoms with E-state index in [9.17, 15) is 4.39 Å². The minimum Gasteiger partial charge on any atom is -0.456 e. The third-order valence-electron chi connectivity index (χ3n) is 4.87. The van der Waals surface area contributed by atoms with Crippen LogP contribution in [0.2, 0.25) is 0 Å². The summed E-state index contributed by atoms with van der Waals surface area (Å²) < 4.78 is 19.6. The molecule has 134 valence electrons. The second-order valence-corrected chi connectivity index (χ2v) is 6.59. The van der Waals surface area contributed by atoms with Crippen LogP contribution in [0.3, 0.4) is 0 Å². The third kappa shape index (κ3) is 2.78. The van der Waals surface area contributed by atoms with Gasteiger partial charge in [0.05, 0.1) is 0 Å². The van der Waals surface area contributed by atoms with Crippen LogP contribution in [0.5, 0.6) is 11.5 Å². The fourth-order valence-electron chi connectivity index (χ4n) is 3.63. The van der Waals surface area contributed by atoms with Crippen LogP contribution in [0.25, 0.3) is 32.7 Å². The Bertz CT molecular complexity index is 1220. The molecule has 0 aliphatic carbocycles. The van der Waals surface area contributed by atoms with Crippen molar-refractivity contribution in [1.82, 2.24) is 4.98 Å². The lowest BCUT2D eigenvalue weighted by molar-refractivity contribution is 0.491. The van der Waals surface area contributed by atoms with Gasteiger partial charge in [-0.2, -0.15) is 0 Å². The van der Waals surface area contributed by atoms with Crippen LogP contribution in [-0.4, -0.2) is 4.98 Å². The molecule has 0 radical (unpaired) electrons. The first-order valence-corrected chi connectivity index (χ1v) is 9.08. The Labute approximate surface area is 161 Å². The van der Waals surface area contributed by atoms with Crippen molar-refractivity contribution in [2.45, 2.75) is 0 Å². The first-order chi connectivity index (χ1) is 13.8. The van der Waals surface area contributed by atoms with Gasteiger partial charge < -0.3 is 4.74 Å². The Balaban J connectivity index is 1.85. The van der Waals surface area contributed by atoms with Gasteiger partial charge in [-0.3, -0.25) is 4.98 Å². The summed E-state index contributed by atoms with van der Waals surface area (Å²) in [4.78, 5) is 4.36. The van der Waals surface area contributed by atoms with Crippen LogP contribution in [0.1, 0.15) is 0 Å². The highest BCUT2D eigenvalue weighted by molar-refractivity contribution is 6.16. The van der Waals surface area contributed by atoms with E-state index in [1.807, 2.05) is 42.6 Å². The van der Waals surface area contributed by atoms with Crippen molar-refractivity contribution in [2.24, 2.45) is 0 Å². The smallest absolute Gasteiger partial charge is 0.143 e. The van der Waals surface area contributed by atoms with Crippen molar-refractivity contribution in [1.29, 1.82) is 0 Å². The zero-order valence-electron chi connectivity index (χ0n) is 15.0. The van der Waals surface area contributed by atoms with Crippen molar-refractivity contribution in [3.05, 3.63) is 103 Å². The van der Waals surface area contributed by atoms with E-state index >= 15 is 0 Å². The van der Waals surface area contributed by atoms with Crippen LogP contribution in [0.4, 0.5) is 4.39 Å². The molecular formula is C25H16FNO. The Kier molecular flexibility index (Phi) is 3.99. The largest absolute Gasteiger partial charge is 0.456 e. The first kappa shape index (κ1) is 16.5. The maximum absolute atomic E-state index is 13.3. The van der Waals surface area contributed by atoms with Crippen LogP contribution in [0, 0.1) is 5.82 Å². The molecule has 0 spiro atoms. The van der Waals surface area contributed by atoms with Crippen molar-refractivity contribution in [3.8, 4) is 22.6 Å². The second-order valence-electron chi connectivity index (χ2n) is 6.59. The minimum atomic E-state index is -0.286. The summed E-state index contributed by atoms with van der Waals surface area (Å²) in [6.45, 7) is 0. The second kappa shape index (κ2) is 6.78. The summed E-state index contributed by atoms with van der Waals surface area (Å²) in [6, 6.07) is 26.5. The molecule has 5 aromatic rings. The summed E-state index contributed by atoms with van der Waals surface area (Å²) in [5.74, 6) is 1.06. The van der Waals surface area contributed by atoms with Gasteiger partial charge in [-0.25, -0.2) is 4.39 Å². The van der Waals surface area contributed by atoms with Gasteiger partial charge in [0, 0.05) is 28.6 Å². The fraction of sp³-hybridized carbons (Fsp3) is 0. The van der Waals surface area contributed by atoms with Gasteiger partial charge in [-0.05, 0) is 46.8 Å². The minimum absolute atomic E-state index is 0.286. The van der Waals surface area contributed by atoms with E-state index < -0.39 is 0 Å². The highest BCUT2D eigenvalue weighted by Crippen LogP contribution is 2.44. The molecule has 0 unspecified atom stereocenters. The summed E-state index contributed by atoms with van der Waals surface area (Å²) in [5, 5.41) is 4.08. The molecule has 1 aromatic heterocycles. The van der Waals surface area contributed by atoms with Gasteiger partial charge in [0.15, 0.2) is 0 Å². The molecule has 0 bridgehead atoms. The number of ether oxygens (including phenoxy) is 1. The number of nitrogens with zero attached hydrogens (tertiary/aromatic N) is 1. The Morgan fingerprint density at radius 1 is 0.643 bits per heavy atom. The van der Waals surface area contributed by atoms with Gasteiger partial charge in [-0.1, -0.05) is 54.6 Å². The van der Waals surface area contributed by atoms with E-state index in [1.54, 1.807) is 18.3 Å². The van der Waals surface area contributed by atoms with Crippen LogP contribution in [-0.2, 0) is 0 Å². The molecular weight excluding hydrogens is 349 g/mol. The van der Waals surface area contributed by atoms with Gasteiger partial charge in [-0.15, -0.1) is 0 Å². The molecule has 0 aliphatic heterocycles. The van der Waals surface area contributed by atoms with Crippen molar-refractivity contribution >= 4 is 21.5 Å². The summed E-state index contributed by atoms with van der Waals surface area (Å²) in [7, 11) is 0.